The molecule has 0 aromatic heterocycles. The van der Waals surface area contributed by atoms with Crippen molar-refractivity contribution in [2.75, 3.05) is 0 Å². The van der Waals surface area contributed by atoms with Gasteiger partial charge >= 0.3 is 0 Å². The maximum atomic E-state index is 3.77. The lowest BCUT2D eigenvalue weighted by Gasteiger charge is -2.33. The van der Waals surface area contributed by atoms with Gasteiger partial charge in [0, 0.05) is 12.1 Å². The second-order valence-corrected chi connectivity index (χ2v) is 5.62. The van der Waals surface area contributed by atoms with Crippen LogP contribution in [0.15, 0.2) is 0 Å². The van der Waals surface area contributed by atoms with Crippen LogP contribution in [0, 0.1) is 11.3 Å². The van der Waals surface area contributed by atoms with Crippen molar-refractivity contribution in [3.05, 3.63) is 0 Å². The molecule has 1 aliphatic rings. The third kappa shape index (κ3) is 3.30. The molecule has 1 rings (SSSR count). The summed E-state index contributed by atoms with van der Waals surface area (Å²) in [5, 5.41) is 3.77. The average molecular weight is 183 g/mol. The summed E-state index contributed by atoms with van der Waals surface area (Å²) in [6.45, 7) is 11.6. The summed E-state index contributed by atoms with van der Waals surface area (Å²) in [6, 6.07) is 1.40. The Balaban J connectivity index is 2.38. The third-order valence-corrected chi connectivity index (χ3v) is 3.25. The summed E-state index contributed by atoms with van der Waals surface area (Å²) in [4.78, 5) is 0. The quantitative estimate of drug-likeness (QED) is 0.706. The molecule has 1 fully saturated rings. The highest BCUT2D eigenvalue weighted by Crippen LogP contribution is 2.33. The van der Waals surface area contributed by atoms with E-state index < -0.39 is 0 Å². The highest BCUT2D eigenvalue weighted by molar-refractivity contribution is 4.88. The summed E-state index contributed by atoms with van der Waals surface area (Å²) in [7, 11) is 0. The van der Waals surface area contributed by atoms with Crippen LogP contribution >= 0.6 is 0 Å². The molecule has 0 aliphatic heterocycles. The number of nitrogens with one attached hydrogen (secondary N) is 1. The maximum absolute atomic E-state index is 3.77. The second-order valence-electron chi connectivity index (χ2n) is 5.62. The summed E-state index contributed by atoms with van der Waals surface area (Å²) in [5.41, 5.74) is 0.401. The number of hydrogen-bond donors (Lipinski definition) is 1. The van der Waals surface area contributed by atoms with Crippen molar-refractivity contribution in [1.29, 1.82) is 0 Å². The van der Waals surface area contributed by atoms with Gasteiger partial charge in [0.2, 0.25) is 0 Å². The minimum Gasteiger partial charge on any atom is -0.311 e. The monoisotopic (exact) mass is 183 g/mol. The van der Waals surface area contributed by atoms with Gasteiger partial charge in [-0.3, -0.25) is 0 Å². The normalized spacial score (nSPS) is 22.8. The minimum atomic E-state index is 0.401. The summed E-state index contributed by atoms with van der Waals surface area (Å²) in [5.74, 6) is 0.969. The van der Waals surface area contributed by atoms with E-state index in [4.69, 9.17) is 0 Å². The van der Waals surface area contributed by atoms with Gasteiger partial charge in [0.1, 0.15) is 0 Å². The molecule has 78 valence electrons. The largest absolute Gasteiger partial charge is 0.311 e. The smallest absolute Gasteiger partial charge is 0.0116 e. The molecule has 0 spiro atoms. The molecule has 2 unspecified atom stereocenters. The van der Waals surface area contributed by atoms with E-state index in [1.54, 1.807) is 0 Å². The highest BCUT2D eigenvalue weighted by atomic mass is 15.0. The zero-order valence-corrected chi connectivity index (χ0v) is 9.85. The van der Waals surface area contributed by atoms with E-state index in [1.165, 1.54) is 19.3 Å². The number of hydrogen-bond acceptors (Lipinski definition) is 1. The van der Waals surface area contributed by atoms with Crippen molar-refractivity contribution in [2.24, 2.45) is 11.3 Å². The van der Waals surface area contributed by atoms with Crippen LogP contribution in [-0.2, 0) is 0 Å². The van der Waals surface area contributed by atoms with Crippen LogP contribution in [0.1, 0.15) is 53.9 Å². The highest BCUT2D eigenvalue weighted by Gasteiger charge is 2.31. The lowest BCUT2D eigenvalue weighted by Crippen LogP contribution is -2.45. The topological polar surface area (TPSA) is 12.0 Å². The fourth-order valence-corrected chi connectivity index (χ4v) is 2.03. The fraction of sp³-hybridized carbons (Fsp3) is 1.00. The predicted molar refractivity (Wildman–Crippen MR) is 58.9 cm³/mol. The van der Waals surface area contributed by atoms with Crippen molar-refractivity contribution >= 4 is 0 Å². The Hall–Kier alpha value is -0.0400. The Morgan fingerprint density at radius 1 is 1.31 bits per heavy atom. The van der Waals surface area contributed by atoms with Gasteiger partial charge in [-0.25, -0.2) is 0 Å². The Labute approximate surface area is 83.3 Å². The molecule has 1 saturated carbocycles. The van der Waals surface area contributed by atoms with Crippen LogP contribution in [0.25, 0.3) is 0 Å². The molecule has 0 heterocycles. The predicted octanol–water partition coefficient (Wildman–Crippen LogP) is 3.20. The van der Waals surface area contributed by atoms with E-state index in [0.717, 1.165) is 12.0 Å². The Morgan fingerprint density at radius 2 is 1.85 bits per heavy atom. The molecular weight excluding hydrogens is 158 g/mol. The van der Waals surface area contributed by atoms with Crippen molar-refractivity contribution in [1.82, 2.24) is 5.32 Å². The third-order valence-electron chi connectivity index (χ3n) is 3.25. The maximum Gasteiger partial charge on any atom is 0.0116 e. The van der Waals surface area contributed by atoms with Gasteiger partial charge in [-0.2, -0.15) is 0 Å². The molecule has 0 radical (unpaired) electrons. The van der Waals surface area contributed by atoms with Gasteiger partial charge in [0.05, 0.1) is 0 Å². The van der Waals surface area contributed by atoms with Crippen molar-refractivity contribution in [3.8, 4) is 0 Å². The molecule has 1 nitrogen and oxygen atoms in total. The van der Waals surface area contributed by atoms with Crippen molar-refractivity contribution in [2.45, 2.75) is 66.0 Å². The standard InChI is InChI=1S/C12H25N/c1-6-11(12(3,4)5)13-9(2)10-7-8-10/h9-11,13H,6-8H2,1-5H3. The van der Waals surface area contributed by atoms with E-state index in [0.29, 0.717) is 11.5 Å². The zero-order valence-electron chi connectivity index (χ0n) is 9.85. The van der Waals surface area contributed by atoms with Crippen LogP contribution in [0.3, 0.4) is 0 Å². The Kier molecular flexibility index (Phi) is 3.39. The average Bonchev–Trinajstić information content (AvgIpc) is 2.78. The van der Waals surface area contributed by atoms with E-state index in [2.05, 4.69) is 39.9 Å². The van der Waals surface area contributed by atoms with E-state index >= 15 is 0 Å². The summed E-state index contributed by atoms with van der Waals surface area (Å²) in [6.07, 6.45) is 4.12. The van der Waals surface area contributed by atoms with Crippen LogP contribution < -0.4 is 5.32 Å². The molecule has 0 aromatic rings. The first-order valence-corrected chi connectivity index (χ1v) is 5.71. The van der Waals surface area contributed by atoms with Gasteiger partial charge in [0.15, 0.2) is 0 Å². The zero-order chi connectivity index (χ0) is 10.1. The molecule has 1 heteroatoms. The first kappa shape index (κ1) is 11.0. The van der Waals surface area contributed by atoms with Crippen LogP contribution in [0.2, 0.25) is 0 Å². The summed E-state index contributed by atoms with van der Waals surface area (Å²) >= 11 is 0. The first-order valence-electron chi connectivity index (χ1n) is 5.71. The van der Waals surface area contributed by atoms with Crippen molar-refractivity contribution in [3.63, 3.8) is 0 Å². The molecule has 0 aromatic carbocycles. The Morgan fingerprint density at radius 3 is 2.15 bits per heavy atom. The van der Waals surface area contributed by atoms with Crippen molar-refractivity contribution < 1.29 is 0 Å². The molecular formula is C12H25N. The SMILES string of the molecule is CCC(NC(C)C1CC1)C(C)(C)C. The second kappa shape index (κ2) is 4.00. The van der Waals surface area contributed by atoms with Gasteiger partial charge in [-0.05, 0) is 37.5 Å². The molecule has 1 aliphatic carbocycles. The van der Waals surface area contributed by atoms with E-state index in [9.17, 15) is 0 Å². The molecule has 1 N–H and O–H groups in total. The molecule has 0 saturated heterocycles. The molecule has 2 atom stereocenters. The summed E-state index contributed by atoms with van der Waals surface area (Å²) < 4.78 is 0. The van der Waals surface area contributed by atoms with E-state index in [1.807, 2.05) is 0 Å². The molecule has 13 heavy (non-hydrogen) atoms. The first-order chi connectivity index (χ1) is 5.95. The Bertz CT molecular complexity index is 153. The molecule has 0 amide bonds. The van der Waals surface area contributed by atoms with Gasteiger partial charge in [-0.15, -0.1) is 0 Å². The van der Waals surface area contributed by atoms with Crippen LogP contribution in [0.4, 0.5) is 0 Å². The lowest BCUT2D eigenvalue weighted by atomic mass is 9.84. The number of rotatable bonds is 4. The van der Waals surface area contributed by atoms with E-state index in [-0.39, 0.29) is 0 Å². The van der Waals surface area contributed by atoms with Crippen LogP contribution in [0.5, 0.6) is 0 Å². The van der Waals surface area contributed by atoms with Gasteiger partial charge in [-0.1, -0.05) is 27.7 Å². The molecule has 0 bridgehead atoms. The fourth-order valence-electron chi connectivity index (χ4n) is 2.03. The van der Waals surface area contributed by atoms with Crippen LogP contribution in [-0.4, -0.2) is 12.1 Å². The lowest BCUT2D eigenvalue weighted by molar-refractivity contribution is 0.236. The van der Waals surface area contributed by atoms with Gasteiger partial charge in [0.25, 0.3) is 0 Å². The minimum absolute atomic E-state index is 0.401. The van der Waals surface area contributed by atoms with Gasteiger partial charge < -0.3 is 5.32 Å².